The van der Waals surface area contributed by atoms with Crippen molar-refractivity contribution in [3.05, 3.63) is 0 Å². The molecule has 2 rings (SSSR count). The van der Waals surface area contributed by atoms with Crippen LogP contribution in [0.1, 0.15) is 26.7 Å². The average molecular weight is 225 g/mol. The third-order valence-electron chi connectivity index (χ3n) is 4.28. The van der Waals surface area contributed by atoms with Gasteiger partial charge in [-0.25, -0.2) is 0 Å². The van der Waals surface area contributed by atoms with Crippen molar-refractivity contribution in [1.82, 2.24) is 15.1 Å². The number of piperazine rings is 1. The first kappa shape index (κ1) is 12.3. The highest BCUT2D eigenvalue weighted by Gasteiger charge is 2.32. The Morgan fingerprint density at radius 1 is 1.12 bits per heavy atom. The second-order valence-corrected chi connectivity index (χ2v) is 5.34. The molecule has 0 saturated carbocycles. The monoisotopic (exact) mass is 225 g/mol. The number of rotatable bonds is 5. The standard InChI is InChI=1S/C13H27N3/c1-3-12(4-2)9-15-10-13(11-15)16-7-5-14-6-8-16/h12-14H,3-11H2,1-2H3. The van der Waals surface area contributed by atoms with Crippen LogP contribution in [-0.4, -0.2) is 61.7 Å². The first-order valence-electron chi connectivity index (χ1n) is 7.00. The highest BCUT2D eigenvalue weighted by Crippen LogP contribution is 2.19. The van der Waals surface area contributed by atoms with Gasteiger partial charge in [-0.1, -0.05) is 26.7 Å². The number of likely N-dealkylation sites (tertiary alicyclic amines) is 1. The van der Waals surface area contributed by atoms with E-state index in [1.165, 1.54) is 58.7 Å². The molecule has 1 N–H and O–H groups in total. The van der Waals surface area contributed by atoms with Gasteiger partial charge in [-0.2, -0.15) is 0 Å². The van der Waals surface area contributed by atoms with Crippen molar-refractivity contribution < 1.29 is 0 Å². The summed E-state index contributed by atoms with van der Waals surface area (Å²) in [6.07, 6.45) is 2.68. The maximum absolute atomic E-state index is 3.42. The van der Waals surface area contributed by atoms with Crippen LogP contribution < -0.4 is 5.32 Å². The summed E-state index contributed by atoms with van der Waals surface area (Å²) in [5.74, 6) is 0.920. The second kappa shape index (κ2) is 5.99. The molecule has 2 saturated heterocycles. The van der Waals surface area contributed by atoms with Crippen LogP contribution in [0.2, 0.25) is 0 Å². The van der Waals surface area contributed by atoms with E-state index in [2.05, 4.69) is 29.0 Å². The van der Waals surface area contributed by atoms with Gasteiger partial charge in [0.25, 0.3) is 0 Å². The van der Waals surface area contributed by atoms with Gasteiger partial charge in [-0.3, -0.25) is 9.80 Å². The van der Waals surface area contributed by atoms with E-state index >= 15 is 0 Å². The zero-order valence-corrected chi connectivity index (χ0v) is 10.9. The predicted molar refractivity (Wildman–Crippen MR) is 68.7 cm³/mol. The SMILES string of the molecule is CCC(CC)CN1CC(N2CCNCC2)C1. The minimum absolute atomic E-state index is 0.858. The lowest BCUT2D eigenvalue weighted by Gasteiger charge is -2.47. The summed E-state index contributed by atoms with van der Waals surface area (Å²) < 4.78 is 0. The number of nitrogens with zero attached hydrogens (tertiary/aromatic N) is 2. The Morgan fingerprint density at radius 3 is 2.31 bits per heavy atom. The maximum Gasteiger partial charge on any atom is 0.0351 e. The van der Waals surface area contributed by atoms with Crippen LogP contribution in [0.3, 0.4) is 0 Å². The molecule has 0 atom stereocenters. The predicted octanol–water partition coefficient (Wildman–Crippen LogP) is 1.01. The molecule has 0 aliphatic carbocycles. The summed E-state index contributed by atoms with van der Waals surface area (Å²) in [5, 5.41) is 3.42. The van der Waals surface area contributed by atoms with Crippen LogP contribution in [0.25, 0.3) is 0 Å². The van der Waals surface area contributed by atoms with Gasteiger partial charge >= 0.3 is 0 Å². The number of nitrogens with one attached hydrogen (secondary N) is 1. The van der Waals surface area contributed by atoms with Crippen molar-refractivity contribution in [3.63, 3.8) is 0 Å². The summed E-state index contributed by atoms with van der Waals surface area (Å²) >= 11 is 0. The van der Waals surface area contributed by atoms with E-state index in [4.69, 9.17) is 0 Å². The smallest absolute Gasteiger partial charge is 0.0351 e. The van der Waals surface area contributed by atoms with Crippen LogP contribution in [0, 0.1) is 5.92 Å². The Bertz CT molecular complexity index is 191. The largest absolute Gasteiger partial charge is 0.314 e. The van der Waals surface area contributed by atoms with Gasteiger partial charge in [0, 0.05) is 51.9 Å². The van der Waals surface area contributed by atoms with Crippen LogP contribution in [0.4, 0.5) is 0 Å². The molecule has 0 spiro atoms. The fourth-order valence-corrected chi connectivity index (χ4v) is 2.88. The molecule has 2 aliphatic heterocycles. The molecular weight excluding hydrogens is 198 g/mol. The molecule has 3 nitrogen and oxygen atoms in total. The summed E-state index contributed by atoms with van der Waals surface area (Å²) in [6, 6.07) is 0.858. The van der Waals surface area contributed by atoms with E-state index in [1.54, 1.807) is 0 Å². The average Bonchev–Trinajstić information content (AvgIpc) is 2.29. The molecule has 0 aromatic rings. The van der Waals surface area contributed by atoms with Crippen molar-refractivity contribution in [2.75, 3.05) is 45.8 Å². The van der Waals surface area contributed by atoms with Gasteiger partial charge in [-0.15, -0.1) is 0 Å². The molecule has 0 aromatic carbocycles. The van der Waals surface area contributed by atoms with E-state index in [-0.39, 0.29) is 0 Å². The van der Waals surface area contributed by atoms with Crippen LogP contribution in [-0.2, 0) is 0 Å². The van der Waals surface area contributed by atoms with E-state index in [0.717, 1.165) is 12.0 Å². The number of hydrogen-bond acceptors (Lipinski definition) is 3. The third-order valence-corrected chi connectivity index (χ3v) is 4.28. The Kier molecular flexibility index (Phi) is 4.62. The van der Waals surface area contributed by atoms with Crippen molar-refractivity contribution in [2.45, 2.75) is 32.7 Å². The zero-order valence-electron chi connectivity index (χ0n) is 10.9. The van der Waals surface area contributed by atoms with Gasteiger partial charge in [0.15, 0.2) is 0 Å². The molecule has 16 heavy (non-hydrogen) atoms. The van der Waals surface area contributed by atoms with Crippen LogP contribution in [0.5, 0.6) is 0 Å². The lowest BCUT2D eigenvalue weighted by Crippen LogP contribution is -2.63. The minimum atomic E-state index is 0.858. The molecule has 3 heteroatoms. The van der Waals surface area contributed by atoms with Gasteiger partial charge in [0.05, 0.1) is 0 Å². The molecule has 0 bridgehead atoms. The second-order valence-electron chi connectivity index (χ2n) is 5.34. The summed E-state index contributed by atoms with van der Waals surface area (Å²) in [6.45, 7) is 13.5. The molecular formula is C13H27N3. The third kappa shape index (κ3) is 2.96. The molecule has 0 amide bonds. The number of hydrogen-bond donors (Lipinski definition) is 1. The lowest BCUT2D eigenvalue weighted by molar-refractivity contribution is 0.0172. The fourth-order valence-electron chi connectivity index (χ4n) is 2.88. The van der Waals surface area contributed by atoms with Gasteiger partial charge in [-0.05, 0) is 5.92 Å². The Labute approximate surface area is 100 Å². The van der Waals surface area contributed by atoms with E-state index in [1.807, 2.05) is 0 Å². The van der Waals surface area contributed by atoms with Crippen molar-refractivity contribution in [1.29, 1.82) is 0 Å². The summed E-state index contributed by atoms with van der Waals surface area (Å²) in [7, 11) is 0. The normalized spacial score (nSPS) is 24.9. The Hall–Kier alpha value is -0.120. The minimum Gasteiger partial charge on any atom is -0.314 e. The highest BCUT2D eigenvalue weighted by molar-refractivity contribution is 4.90. The first-order valence-corrected chi connectivity index (χ1v) is 7.00. The van der Waals surface area contributed by atoms with Gasteiger partial charge in [0.2, 0.25) is 0 Å². The van der Waals surface area contributed by atoms with Crippen LogP contribution in [0.15, 0.2) is 0 Å². The zero-order chi connectivity index (χ0) is 11.4. The fraction of sp³-hybridized carbons (Fsp3) is 1.00. The van der Waals surface area contributed by atoms with Crippen molar-refractivity contribution in [2.24, 2.45) is 5.92 Å². The van der Waals surface area contributed by atoms with Crippen molar-refractivity contribution >= 4 is 0 Å². The topological polar surface area (TPSA) is 18.5 Å². The first-order chi connectivity index (χ1) is 7.83. The molecule has 0 radical (unpaired) electrons. The quantitative estimate of drug-likeness (QED) is 0.753. The molecule has 2 heterocycles. The van der Waals surface area contributed by atoms with Crippen LogP contribution >= 0.6 is 0 Å². The van der Waals surface area contributed by atoms with E-state index < -0.39 is 0 Å². The molecule has 0 unspecified atom stereocenters. The lowest BCUT2D eigenvalue weighted by atomic mass is 9.98. The Balaban J connectivity index is 1.64. The Morgan fingerprint density at radius 2 is 1.75 bits per heavy atom. The molecule has 2 fully saturated rings. The summed E-state index contributed by atoms with van der Waals surface area (Å²) in [4.78, 5) is 5.31. The van der Waals surface area contributed by atoms with Crippen molar-refractivity contribution in [3.8, 4) is 0 Å². The van der Waals surface area contributed by atoms with E-state index in [0.29, 0.717) is 0 Å². The van der Waals surface area contributed by atoms with Gasteiger partial charge in [0.1, 0.15) is 0 Å². The molecule has 0 aromatic heterocycles. The molecule has 94 valence electrons. The van der Waals surface area contributed by atoms with Gasteiger partial charge < -0.3 is 5.32 Å². The summed E-state index contributed by atoms with van der Waals surface area (Å²) in [5.41, 5.74) is 0. The highest BCUT2D eigenvalue weighted by atomic mass is 15.3. The maximum atomic E-state index is 3.42. The molecule has 2 aliphatic rings. The van der Waals surface area contributed by atoms with E-state index in [9.17, 15) is 0 Å².